The zero-order valence-corrected chi connectivity index (χ0v) is 13.3. The summed E-state index contributed by atoms with van der Waals surface area (Å²) in [6, 6.07) is 13.6. The summed E-state index contributed by atoms with van der Waals surface area (Å²) >= 11 is 0. The molecule has 2 heterocycles. The molecule has 1 aromatic heterocycles. The molecular weight excluding hydrogens is 286 g/mol. The third-order valence-corrected chi connectivity index (χ3v) is 4.28. The minimum atomic E-state index is -0.297. The second-order valence-electron chi connectivity index (χ2n) is 5.97. The van der Waals surface area contributed by atoms with Crippen LogP contribution in [0.5, 0.6) is 0 Å². The van der Waals surface area contributed by atoms with Crippen molar-refractivity contribution in [2.75, 3.05) is 13.1 Å². The largest absolute Gasteiger partial charge is 0.341 e. The third kappa shape index (κ3) is 4.17. The van der Waals surface area contributed by atoms with E-state index in [1.165, 1.54) is 6.42 Å². The molecule has 4 heteroatoms. The van der Waals surface area contributed by atoms with Crippen LogP contribution in [0.2, 0.25) is 0 Å². The Bertz CT molecular complexity index is 609. The maximum atomic E-state index is 13.0. The van der Waals surface area contributed by atoms with E-state index in [0.717, 1.165) is 37.1 Å². The Balaban J connectivity index is 1.74. The van der Waals surface area contributed by atoms with Gasteiger partial charge in [0.1, 0.15) is 6.04 Å². The van der Waals surface area contributed by atoms with Crippen molar-refractivity contribution in [1.29, 1.82) is 0 Å². The van der Waals surface area contributed by atoms with Crippen LogP contribution in [0.1, 0.15) is 36.4 Å². The van der Waals surface area contributed by atoms with Crippen LogP contribution in [0, 0.1) is 0 Å². The number of amides is 1. The number of nitrogens with zero attached hydrogens (tertiary/aromatic N) is 2. The summed E-state index contributed by atoms with van der Waals surface area (Å²) in [5.41, 5.74) is 2.10. The summed E-state index contributed by atoms with van der Waals surface area (Å²) in [6.45, 7) is 2.38. The number of carbonyl (C=O) groups is 1. The molecule has 3 rings (SSSR count). The van der Waals surface area contributed by atoms with Gasteiger partial charge < -0.3 is 4.90 Å². The lowest BCUT2D eigenvalue weighted by molar-refractivity contribution is -0.134. The molecule has 0 spiro atoms. The fraction of sp³-hybridized carbons (Fsp3) is 0.368. The van der Waals surface area contributed by atoms with Crippen LogP contribution in [0.25, 0.3) is 0 Å². The third-order valence-electron chi connectivity index (χ3n) is 4.28. The lowest BCUT2D eigenvalue weighted by atomic mass is 10.0. The standard InChI is InChI=1S/C19H23N3O/c23-19(22-12-5-2-6-13-22)18(17-9-3-1-4-10-17)21-15-16-8-7-11-20-14-16/h1,3-4,7-11,14,18,21H,2,5-6,12-13,15H2. The normalized spacial score (nSPS) is 16.1. The second kappa shape index (κ2) is 7.88. The molecule has 0 saturated carbocycles. The average Bonchev–Trinajstić information content (AvgIpc) is 2.64. The first-order chi connectivity index (χ1) is 11.3. The highest BCUT2D eigenvalue weighted by Crippen LogP contribution is 2.19. The smallest absolute Gasteiger partial charge is 0.244 e. The first kappa shape index (κ1) is 15.7. The molecule has 0 radical (unpaired) electrons. The molecule has 1 aliphatic rings. The first-order valence-electron chi connectivity index (χ1n) is 8.30. The van der Waals surface area contributed by atoms with Crippen LogP contribution in [0.3, 0.4) is 0 Å². The summed E-state index contributed by atoms with van der Waals surface area (Å²) in [6.07, 6.45) is 7.03. The van der Waals surface area contributed by atoms with Crippen molar-refractivity contribution < 1.29 is 4.79 Å². The Morgan fingerprint density at radius 2 is 1.87 bits per heavy atom. The Hall–Kier alpha value is -2.20. The summed E-state index contributed by atoms with van der Waals surface area (Å²) in [7, 11) is 0. The van der Waals surface area contributed by atoms with Crippen LogP contribution in [-0.4, -0.2) is 28.9 Å². The van der Waals surface area contributed by atoms with Crippen molar-refractivity contribution in [3.05, 3.63) is 66.0 Å². The van der Waals surface area contributed by atoms with Crippen molar-refractivity contribution >= 4 is 5.91 Å². The highest BCUT2D eigenvalue weighted by molar-refractivity contribution is 5.83. The SMILES string of the molecule is O=C(C(NCc1cccnc1)c1ccccc1)N1CCCCC1. The molecular formula is C19H23N3O. The number of carbonyl (C=O) groups excluding carboxylic acids is 1. The number of pyridine rings is 1. The molecule has 1 unspecified atom stereocenters. The van der Waals surface area contributed by atoms with Crippen molar-refractivity contribution in [3.63, 3.8) is 0 Å². The topological polar surface area (TPSA) is 45.2 Å². The van der Waals surface area contributed by atoms with E-state index in [2.05, 4.69) is 10.3 Å². The predicted molar refractivity (Wildman–Crippen MR) is 90.7 cm³/mol. The number of nitrogens with one attached hydrogen (secondary N) is 1. The molecule has 1 fully saturated rings. The van der Waals surface area contributed by atoms with Gasteiger partial charge in [-0.2, -0.15) is 0 Å². The zero-order chi connectivity index (χ0) is 15.9. The quantitative estimate of drug-likeness (QED) is 0.923. The van der Waals surface area contributed by atoms with Crippen LogP contribution in [0.15, 0.2) is 54.9 Å². The number of benzene rings is 1. The molecule has 1 atom stereocenters. The Morgan fingerprint density at radius 1 is 1.09 bits per heavy atom. The highest BCUT2D eigenvalue weighted by Gasteiger charge is 2.26. The lowest BCUT2D eigenvalue weighted by Crippen LogP contribution is -2.43. The van der Waals surface area contributed by atoms with Gasteiger partial charge in [0.05, 0.1) is 0 Å². The molecule has 0 aliphatic carbocycles. The van der Waals surface area contributed by atoms with E-state index in [1.807, 2.05) is 53.6 Å². The van der Waals surface area contributed by atoms with E-state index < -0.39 is 0 Å². The van der Waals surface area contributed by atoms with Crippen LogP contribution >= 0.6 is 0 Å². The van der Waals surface area contributed by atoms with E-state index >= 15 is 0 Å². The molecule has 4 nitrogen and oxygen atoms in total. The van der Waals surface area contributed by atoms with Crippen LogP contribution < -0.4 is 5.32 Å². The van der Waals surface area contributed by atoms with Gasteiger partial charge in [-0.25, -0.2) is 0 Å². The van der Waals surface area contributed by atoms with Gasteiger partial charge in [-0.05, 0) is 36.5 Å². The Kier molecular flexibility index (Phi) is 5.37. The van der Waals surface area contributed by atoms with E-state index in [4.69, 9.17) is 0 Å². The van der Waals surface area contributed by atoms with Gasteiger partial charge in [-0.15, -0.1) is 0 Å². The van der Waals surface area contributed by atoms with Crippen LogP contribution in [-0.2, 0) is 11.3 Å². The van der Waals surface area contributed by atoms with Gasteiger partial charge in [-0.1, -0.05) is 36.4 Å². The minimum absolute atomic E-state index is 0.180. The molecule has 0 bridgehead atoms. The van der Waals surface area contributed by atoms with Gasteiger partial charge in [0.2, 0.25) is 5.91 Å². The molecule has 1 N–H and O–H groups in total. The van der Waals surface area contributed by atoms with Gasteiger partial charge >= 0.3 is 0 Å². The maximum Gasteiger partial charge on any atom is 0.244 e. The number of hydrogen-bond donors (Lipinski definition) is 1. The molecule has 1 aromatic carbocycles. The molecule has 2 aromatic rings. The molecule has 23 heavy (non-hydrogen) atoms. The first-order valence-corrected chi connectivity index (χ1v) is 8.30. The van der Waals surface area contributed by atoms with Crippen molar-refractivity contribution in [2.24, 2.45) is 0 Å². The fourth-order valence-electron chi connectivity index (χ4n) is 3.01. The lowest BCUT2D eigenvalue weighted by Gasteiger charge is -2.31. The number of rotatable bonds is 5. The molecule has 1 amide bonds. The number of piperidine rings is 1. The van der Waals surface area contributed by atoms with E-state index in [9.17, 15) is 4.79 Å². The highest BCUT2D eigenvalue weighted by atomic mass is 16.2. The van der Waals surface area contributed by atoms with Gasteiger partial charge in [-0.3, -0.25) is 15.1 Å². The molecule has 1 aliphatic heterocycles. The molecule has 1 saturated heterocycles. The molecule has 120 valence electrons. The number of aromatic nitrogens is 1. The summed E-state index contributed by atoms with van der Waals surface area (Å²) in [4.78, 5) is 19.1. The van der Waals surface area contributed by atoms with Crippen molar-refractivity contribution in [3.8, 4) is 0 Å². The zero-order valence-electron chi connectivity index (χ0n) is 13.3. The van der Waals surface area contributed by atoms with Gasteiger partial charge in [0.25, 0.3) is 0 Å². The van der Waals surface area contributed by atoms with Gasteiger partial charge in [0.15, 0.2) is 0 Å². The predicted octanol–water partition coefficient (Wildman–Crippen LogP) is 2.93. The van der Waals surface area contributed by atoms with E-state index in [0.29, 0.717) is 6.54 Å². The van der Waals surface area contributed by atoms with E-state index in [-0.39, 0.29) is 11.9 Å². The second-order valence-corrected chi connectivity index (χ2v) is 5.97. The van der Waals surface area contributed by atoms with E-state index in [1.54, 1.807) is 6.20 Å². The summed E-state index contributed by atoms with van der Waals surface area (Å²) < 4.78 is 0. The monoisotopic (exact) mass is 309 g/mol. The van der Waals surface area contributed by atoms with Crippen molar-refractivity contribution in [2.45, 2.75) is 31.8 Å². The Morgan fingerprint density at radius 3 is 2.57 bits per heavy atom. The minimum Gasteiger partial charge on any atom is -0.341 e. The number of likely N-dealkylation sites (tertiary alicyclic amines) is 1. The summed E-state index contributed by atoms with van der Waals surface area (Å²) in [5.74, 6) is 0.180. The van der Waals surface area contributed by atoms with Crippen molar-refractivity contribution in [1.82, 2.24) is 15.2 Å². The summed E-state index contributed by atoms with van der Waals surface area (Å²) in [5, 5.41) is 3.42. The van der Waals surface area contributed by atoms with Gasteiger partial charge in [0, 0.05) is 32.0 Å². The number of hydrogen-bond acceptors (Lipinski definition) is 3. The fourth-order valence-corrected chi connectivity index (χ4v) is 3.01. The maximum absolute atomic E-state index is 13.0. The van der Waals surface area contributed by atoms with Crippen LogP contribution in [0.4, 0.5) is 0 Å². The average molecular weight is 309 g/mol. The Labute approximate surface area is 137 Å².